The zero-order valence-electron chi connectivity index (χ0n) is 15.3. The molecule has 7 nitrogen and oxygen atoms in total. The second-order valence-corrected chi connectivity index (χ2v) is 6.48. The summed E-state index contributed by atoms with van der Waals surface area (Å²) in [5, 5.41) is 13.7. The smallest absolute Gasteiger partial charge is 0.336 e. The van der Waals surface area contributed by atoms with Gasteiger partial charge in [0.05, 0.1) is 17.1 Å². The summed E-state index contributed by atoms with van der Waals surface area (Å²) in [4.78, 5) is 35.2. The maximum absolute atomic E-state index is 12.7. The number of non-ortho nitro benzene ring substituents is 1. The molecule has 7 heteroatoms. The molecule has 1 aromatic rings. The number of hydrogen-bond donors (Lipinski definition) is 1. The molecule has 26 heavy (non-hydrogen) atoms. The first-order chi connectivity index (χ1) is 12.4. The molecule has 0 aliphatic carbocycles. The Labute approximate surface area is 152 Å². The summed E-state index contributed by atoms with van der Waals surface area (Å²) in [5.74, 6) is -0.978. The molecule has 140 valence electrons. The van der Waals surface area contributed by atoms with Crippen molar-refractivity contribution in [3.63, 3.8) is 0 Å². The first-order valence-corrected chi connectivity index (χ1v) is 8.79. The third-order valence-electron chi connectivity index (χ3n) is 4.78. The molecule has 0 saturated heterocycles. The van der Waals surface area contributed by atoms with Crippen LogP contribution < -0.4 is 5.32 Å². The highest BCUT2D eigenvalue weighted by Gasteiger charge is 2.33. The number of esters is 1. The number of amides is 1. The molecule has 1 N–H and O–H groups in total. The number of ether oxygens (including phenoxy) is 1. The van der Waals surface area contributed by atoms with Gasteiger partial charge in [-0.15, -0.1) is 0 Å². The van der Waals surface area contributed by atoms with E-state index in [9.17, 15) is 19.7 Å². The lowest BCUT2D eigenvalue weighted by molar-refractivity contribution is -0.384. The van der Waals surface area contributed by atoms with Gasteiger partial charge in [0.25, 0.3) is 5.69 Å². The molecule has 1 aliphatic heterocycles. The van der Waals surface area contributed by atoms with Crippen LogP contribution in [-0.4, -0.2) is 23.4 Å². The van der Waals surface area contributed by atoms with Gasteiger partial charge in [0, 0.05) is 30.2 Å². The first kappa shape index (κ1) is 19.6. The van der Waals surface area contributed by atoms with Gasteiger partial charge in [0.2, 0.25) is 5.91 Å². The molecule has 0 radical (unpaired) electrons. The Balaban J connectivity index is 2.32. The molecule has 0 spiro atoms. The summed E-state index contributed by atoms with van der Waals surface area (Å²) in [7, 11) is 0. The van der Waals surface area contributed by atoms with Crippen molar-refractivity contribution in [3.05, 3.63) is 51.2 Å². The fourth-order valence-corrected chi connectivity index (χ4v) is 3.11. The van der Waals surface area contributed by atoms with E-state index in [1.807, 2.05) is 13.8 Å². The topological polar surface area (TPSA) is 98.5 Å². The van der Waals surface area contributed by atoms with Crippen LogP contribution in [0.25, 0.3) is 0 Å². The number of allylic oxidation sites excluding steroid dienone is 1. The summed E-state index contributed by atoms with van der Waals surface area (Å²) in [5.41, 5.74) is 1.28. The van der Waals surface area contributed by atoms with E-state index in [1.165, 1.54) is 12.1 Å². The van der Waals surface area contributed by atoms with E-state index >= 15 is 0 Å². The molecule has 1 heterocycles. The number of carbonyl (C=O) groups is 2. The number of rotatable bonds is 7. The lowest BCUT2D eigenvalue weighted by atomic mass is 9.84. The highest BCUT2D eigenvalue weighted by molar-refractivity contribution is 5.95. The van der Waals surface area contributed by atoms with E-state index in [0.29, 0.717) is 23.4 Å². The van der Waals surface area contributed by atoms with E-state index in [-0.39, 0.29) is 23.9 Å². The number of carbonyl (C=O) groups excluding carboxylic acids is 2. The maximum atomic E-state index is 12.7. The number of benzene rings is 1. The Bertz CT molecular complexity index is 737. The van der Waals surface area contributed by atoms with Crippen LogP contribution in [0.15, 0.2) is 35.5 Å². The fourth-order valence-electron chi connectivity index (χ4n) is 3.11. The monoisotopic (exact) mass is 360 g/mol. The van der Waals surface area contributed by atoms with Crippen molar-refractivity contribution in [3.8, 4) is 0 Å². The molecule has 1 atom stereocenters. The van der Waals surface area contributed by atoms with E-state index < -0.39 is 16.8 Å². The Morgan fingerprint density at radius 1 is 1.38 bits per heavy atom. The van der Waals surface area contributed by atoms with E-state index in [1.54, 1.807) is 19.1 Å². The average Bonchev–Trinajstić information content (AvgIpc) is 2.61. The molecular formula is C19H24N2O5. The Kier molecular flexibility index (Phi) is 6.49. The van der Waals surface area contributed by atoms with Crippen molar-refractivity contribution in [2.24, 2.45) is 5.92 Å². The van der Waals surface area contributed by atoms with Gasteiger partial charge in [-0.1, -0.05) is 38.8 Å². The second kappa shape index (κ2) is 8.60. The van der Waals surface area contributed by atoms with Gasteiger partial charge >= 0.3 is 5.97 Å². The Morgan fingerprint density at radius 3 is 2.69 bits per heavy atom. The molecule has 0 unspecified atom stereocenters. The van der Waals surface area contributed by atoms with Crippen LogP contribution in [0.5, 0.6) is 0 Å². The van der Waals surface area contributed by atoms with Crippen LogP contribution in [0.2, 0.25) is 0 Å². The number of nitrogens with one attached hydrogen (secondary N) is 1. The number of nitro groups is 1. The van der Waals surface area contributed by atoms with Crippen LogP contribution in [0.1, 0.15) is 51.5 Å². The Morgan fingerprint density at radius 2 is 2.08 bits per heavy atom. The highest BCUT2D eigenvalue weighted by atomic mass is 16.6. The predicted octanol–water partition coefficient (Wildman–Crippen LogP) is 3.45. The summed E-state index contributed by atoms with van der Waals surface area (Å²) in [6.07, 6.45) is 1.87. The lowest BCUT2D eigenvalue weighted by Crippen LogP contribution is -2.34. The minimum absolute atomic E-state index is 0.0495. The number of hydrogen-bond acceptors (Lipinski definition) is 5. The molecule has 0 bridgehead atoms. The normalized spacial score (nSPS) is 17.2. The Hall–Kier alpha value is -2.70. The van der Waals surface area contributed by atoms with E-state index in [2.05, 4.69) is 5.32 Å². The largest absolute Gasteiger partial charge is 0.462 e. The van der Waals surface area contributed by atoms with Gasteiger partial charge in [-0.2, -0.15) is 0 Å². The summed E-state index contributed by atoms with van der Waals surface area (Å²) in [6, 6.07) is 6.04. The van der Waals surface area contributed by atoms with Crippen LogP contribution in [0, 0.1) is 16.0 Å². The molecule has 2 rings (SSSR count). The van der Waals surface area contributed by atoms with Crippen LogP contribution in [0.4, 0.5) is 5.69 Å². The van der Waals surface area contributed by atoms with Gasteiger partial charge in [-0.25, -0.2) is 4.79 Å². The third kappa shape index (κ3) is 4.47. The summed E-state index contributed by atoms with van der Waals surface area (Å²) in [6.45, 7) is 6.05. The van der Waals surface area contributed by atoms with E-state index in [4.69, 9.17) is 4.74 Å². The predicted molar refractivity (Wildman–Crippen MR) is 96.3 cm³/mol. The molecule has 0 aromatic heterocycles. The van der Waals surface area contributed by atoms with Crippen molar-refractivity contribution in [1.29, 1.82) is 0 Å². The van der Waals surface area contributed by atoms with Gasteiger partial charge < -0.3 is 10.1 Å². The van der Waals surface area contributed by atoms with Crippen LogP contribution in [0.3, 0.4) is 0 Å². The van der Waals surface area contributed by atoms with Gasteiger partial charge in [0.15, 0.2) is 0 Å². The zero-order valence-corrected chi connectivity index (χ0v) is 15.3. The minimum Gasteiger partial charge on any atom is -0.462 e. The molecule has 1 amide bonds. The zero-order chi connectivity index (χ0) is 19.3. The SMILES string of the molecule is CCC(CC)COC(=O)C1=C(C)NC(=O)C[C@H]1c1cccc([N+](=O)[O-])c1. The molecule has 0 saturated carbocycles. The molecule has 1 aromatic carbocycles. The number of nitrogens with zero attached hydrogens (tertiary/aromatic N) is 1. The average molecular weight is 360 g/mol. The van der Waals surface area contributed by atoms with Crippen molar-refractivity contribution in [2.45, 2.75) is 46.0 Å². The first-order valence-electron chi connectivity index (χ1n) is 8.79. The van der Waals surface area contributed by atoms with E-state index in [0.717, 1.165) is 12.8 Å². The van der Waals surface area contributed by atoms with Crippen LogP contribution in [-0.2, 0) is 14.3 Å². The quantitative estimate of drug-likeness (QED) is 0.456. The van der Waals surface area contributed by atoms with Crippen molar-refractivity contribution < 1.29 is 19.2 Å². The summed E-state index contributed by atoms with van der Waals surface area (Å²) >= 11 is 0. The van der Waals surface area contributed by atoms with Gasteiger partial charge in [-0.3, -0.25) is 14.9 Å². The molecular weight excluding hydrogens is 336 g/mol. The molecule has 0 fully saturated rings. The molecule has 1 aliphatic rings. The van der Waals surface area contributed by atoms with Crippen LogP contribution >= 0.6 is 0 Å². The third-order valence-corrected chi connectivity index (χ3v) is 4.78. The fraction of sp³-hybridized carbons (Fsp3) is 0.474. The highest BCUT2D eigenvalue weighted by Crippen LogP contribution is 2.35. The minimum atomic E-state index is -0.558. The second-order valence-electron chi connectivity index (χ2n) is 6.48. The van der Waals surface area contributed by atoms with Crippen molar-refractivity contribution in [2.75, 3.05) is 6.61 Å². The number of nitro benzene ring substituents is 1. The maximum Gasteiger partial charge on any atom is 0.336 e. The standard InChI is InChI=1S/C19H24N2O5/c1-4-13(5-2)11-26-19(23)18-12(3)20-17(22)10-16(18)14-7-6-8-15(9-14)21(24)25/h6-9,13,16H,4-5,10-11H2,1-3H3,(H,20,22)/t16-/m0/s1. The van der Waals surface area contributed by atoms with Crippen molar-refractivity contribution in [1.82, 2.24) is 5.32 Å². The van der Waals surface area contributed by atoms with Gasteiger partial charge in [-0.05, 0) is 18.4 Å². The van der Waals surface area contributed by atoms with Crippen molar-refractivity contribution >= 4 is 17.6 Å². The van der Waals surface area contributed by atoms with Gasteiger partial charge in [0.1, 0.15) is 0 Å². The summed E-state index contributed by atoms with van der Waals surface area (Å²) < 4.78 is 5.48. The lowest BCUT2D eigenvalue weighted by Gasteiger charge is -2.27.